The van der Waals surface area contributed by atoms with E-state index in [-0.39, 0.29) is 11.0 Å². The molecule has 5 rings (SSSR count). The van der Waals surface area contributed by atoms with Gasteiger partial charge in [-0.2, -0.15) is 0 Å². The van der Waals surface area contributed by atoms with Crippen molar-refractivity contribution < 1.29 is 0 Å². The maximum atomic E-state index is 2.70. The van der Waals surface area contributed by atoms with Crippen molar-refractivity contribution >= 4 is 5.69 Å². The number of piperidine rings is 1. The van der Waals surface area contributed by atoms with Gasteiger partial charge in [-0.05, 0) is 56.4 Å². The van der Waals surface area contributed by atoms with Gasteiger partial charge in [0.2, 0.25) is 0 Å². The molecule has 1 aliphatic carbocycles. The summed E-state index contributed by atoms with van der Waals surface area (Å²) in [7, 11) is 0. The van der Waals surface area contributed by atoms with Crippen LogP contribution in [0.1, 0.15) is 50.3 Å². The minimum atomic E-state index is 0.111. The minimum absolute atomic E-state index is 0.111. The molecule has 22 heavy (non-hydrogen) atoms. The molecule has 0 amide bonds. The van der Waals surface area contributed by atoms with Crippen LogP contribution in [0.5, 0.6) is 0 Å². The third kappa shape index (κ3) is 1.54. The van der Waals surface area contributed by atoms with E-state index < -0.39 is 0 Å². The van der Waals surface area contributed by atoms with Crippen molar-refractivity contribution in [2.45, 2.75) is 57.5 Å². The van der Waals surface area contributed by atoms with Crippen LogP contribution in [-0.2, 0) is 11.0 Å². The summed E-state index contributed by atoms with van der Waals surface area (Å²) in [6.45, 7) is 9.55. The lowest BCUT2D eigenvalue weighted by atomic mass is 9.56. The van der Waals surface area contributed by atoms with E-state index in [0.29, 0.717) is 6.04 Å². The van der Waals surface area contributed by atoms with E-state index in [1.165, 1.54) is 29.7 Å². The van der Waals surface area contributed by atoms with Gasteiger partial charge in [0, 0.05) is 17.1 Å². The second-order valence-corrected chi connectivity index (χ2v) is 7.57. The first kappa shape index (κ1) is 13.9. The van der Waals surface area contributed by atoms with Gasteiger partial charge in [-0.15, -0.1) is 0 Å². The van der Waals surface area contributed by atoms with Crippen LogP contribution in [-0.4, -0.2) is 6.04 Å². The SMILES string of the molecule is Cc1ccccc1N1[C@@H](C)C2(C)CCC1(C)c1ccccc12. The van der Waals surface area contributed by atoms with Gasteiger partial charge in [-0.3, -0.25) is 0 Å². The quantitative estimate of drug-likeness (QED) is 0.700. The molecular formula is C21H25N. The third-order valence-electron chi connectivity index (χ3n) is 6.47. The summed E-state index contributed by atoms with van der Waals surface area (Å²) in [5.41, 5.74) is 6.24. The lowest BCUT2D eigenvalue weighted by Crippen LogP contribution is -2.65. The second kappa shape index (κ2) is 4.38. The molecule has 1 fully saturated rings. The molecule has 2 aromatic carbocycles. The highest BCUT2D eigenvalue weighted by atomic mass is 15.3. The predicted molar refractivity (Wildman–Crippen MR) is 93.5 cm³/mol. The molecule has 2 bridgehead atoms. The molecule has 2 aliphatic heterocycles. The Morgan fingerprint density at radius 3 is 2.27 bits per heavy atom. The van der Waals surface area contributed by atoms with E-state index >= 15 is 0 Å². The third-order valence-corrected chi connectivity index (χ3v) is 6.47. The maximum Gasteiger partial charge on any atom is 0.0632 e. The molecule has 1 nitrogen and oxygen atoms in total. The molecule has 2 unspecified atom stereocenters. The topological polar surface area (TPSA) is 3.24 Å². The lowest BCUT2D eigenvalue weighted by molar-refractivity contribution is 0.166. The van der Waals surface area contributed by atoms with E-state index in [0.717, 1.165) is 0 Å². The summed E-state index contributed by atoms with van der Waals surface area (Å²) in [6, 6.07) is 18.5. The van der Waals surface area contributed by atoms with Crippen molar-refractivity contribution in [2.24, 2.45) is 0 Å². The van der Waals surface area contributed by atoms with E-state index in [1.54, 1.807) is 5.56 Å². The average Bonchev–Trinajstić information content (AvgIpc) is 2.52. The van der Waals surface area contributed by atoms with Gasteiger partial charge in [0.1, 0.15) is 0 Å². The normalized spacial score (nSPS) is 32.9. The Morgan fingerprint density at radius 1 is 0.909 bits per heavy atom. The van der Waals surface area contributed by atoms with Crippen molar-refractivity contribution in [3.05, 3.63) is 65.2 Å². The Kier molecular flexibility index (Phi) is 2.76. The van der Waals surface area contributed by atoms with Gasteiger partial charge in [-0.1, -0.05) is 49.4 Å². The Labute approximate surface area is 134 Å². The molecule has 0 aromatic heterocycles. The fourth-order valence-electron chi connectivity index (χ4n) is 4.93. The van der Waals surface area contributed by atoms with Crippen LogP contribution < -0.4 is 4.90 Å². The number of para-hydroxylation sites is 1. The first-order valence-electron chi connectivity index (χ1n) is 8.43. The van der Waals surface area contributed by atoms with Crippen molar-refractivity contribution in [3.8, 4) is 0 Å². The molecule has 0 radical (unpaired) electrons. The molecule has 0 saturated carbocycles. The van der Waals surface area contributed by atoms with Gasteiger partial charge in [0.25, 0.3) is 0 Å². The van der Waals surface area contributed by atoms with E-state index in [9.17, 15) is 0 Å². The standard InChI is InChI=1S/C21H25N/c1-15-9-5-8-12-19(15)22-16(2)20(3)13-14-21(22,4)18-11-7-6-10-17(18)20/h5-12,16H,13-14H2,1-4H3/t16-,20?,21?/m0/s1. The Balaban J connectivity index is 1.99. The minimum Gasteiger partial charge on any atom is -0.358 e. The molecular weight excluding hydrogens is 266 g/mol. The fourth-order valence-corrected chi connectivity index (χ4v) is 4.93. The highest BCUT2D eigenvalue weighted by Crippen LogP contribution is 2.58. The number of rotatable bonds is 1. The van der Waals surface area contributed by atoms with Crippen molar-refractivity contribution in [1.29, 1.82) is 0 Å². The number of aryl methyl sites for hydroxylation is 1. The van der Waals surface area contributed by atoms with Gasteiger partial charge in [-0.25, -0.2) is 0 Å². The highest BCUT2D eigenvalue weighted by molar-refractivity contribution is 5.63. The zero-order valence-electron chi connectivity index (χ0n) is 14.1. The molecule has 3 atom stereocenters. The van der Waals surface area contributed by atoms with Crippen LogP contribution in [0, 0.1) is 6.92 Å². The summed E-state index contributed by atoms with van der Waals surface area (Å²) >= 11 is 0. The number of hydrogen-bond acceptors (Lipinski definition) is 1. The highest BCUT2D eigenvalue weighted by Gasteiger charge is 2.56. The summed E-state index contributed by atoms with van der Waals surface area (Å²) in [5.74, 6) is 0. The average molecular weight is 291 g/mol. The lowest BCUT2D eigenvalue weighted by Gasteiger charge is -2.63. The Morgan fingerprint density at radius 2 is 1.55 bits per heavy atom. The van der Waals surface area contributed by atoms with Crippen LogP contribution >= 0.6 is 0 Å². The summed E-state index contributed by atoms with van der Waals surface area (Å²) in [5, 5.41) is 0. The molecule has 2 heterocycles. The molecule has 0 spiro atoms. The first-order chi connectivity index (χ1) is 10.5. The van der Waals surface area contributed by atoms with Gasteiger partial charge >= 0.3 is 0 Å². The number of anilines is 1. The van der Waals surface area contributed by atoms with Crippen LogP contribution in [0.25, 0.3) is 0 Å². The number of nitrogens with zero attached hydrogens (tertiary/aromatic N) is 1. The molecule has 0 N–H and O–H groups in total. The fraction of sp³-hybridized carbons (Fsp3) is 0.429. The number of hydrogen-bond donors (Lipinski definition) is 0. The summed E-state index contributed by atoms with van der Waals surface area (Å²) < 4.78 is 0. The van der Waals surface area contributed by atoms with Gasteiger partial charge in [0.05, 0.1) is 5.54 Å². The van der Waals surface area contributed by atoms with E-state index in [4.69, 9.17) is 0 Å². The monoisotopic (exact) mass is 291 g/mol. The van der Waals surface area contributed by atoms with Gasteiger partial charge < -0.3 is 4.90 Å². The zero-order valence-corrected chi connectivity index (χ0v) is 14.1. The number of fused-ring (bicyclic) bond motifs is 2. The Hall–Kier alpha value is -1.76. The summed E-state index contributed by atoms with van der Waals surface area (Å²) in [4.78, 5) is 2.70. The zero-order chi connectivity index (χ0) is 15.5. The largest absolute Gasteiger partial charge is 0.358 e. The number of benzene rings is 2. The second-order valence-electron chi connectivity index (χ2n) is 7.57. The molecule has 2 aromatic rings. The maximum absolute atomic E-state index is 2.70. The van der Waals surface area contributed by atoms with Crippen molar-refractivity contribution in [3.63, 3.8) is 0 Å². The molecule has 1 saturated heterocycles. The van der Waals surface area contributed by atoms with Gasteiger partial charge in [0.15, 0.2) is 0 Å². The summed E-state index contributed by atoms with van der Waals surface area (Å²) in [6.07, 6.45) is 2.52. The van der Waals surface area contributed by atoms with E-state index in [1.807, 2.05) is 0 Å². The molecule has 3 aliphatic rings. The van der Waals surface area contributed by atoms with E-state index in [2.05, 4.69) is 81.1 Å². The smallest absolute Gasteiger partial charge is 0.0632 e. The first-order valence-corrected chi connectivity index (χ1v) is 8.43. The van der Waals surface area contributed by atoms with Crippen LogP contribution in [0.4, 0.5) is 5.69 Å². The van der Waals surface area contributed by atoms with Crippen molar-refractivity contribution in [1.82, 2.24) is 0 Å². The van der Waals surface area contributed by atoms with Crippen LogP contribution in [0.15, 0.2) is 48.5 Å². The Bertz CT molecular complexity index is 734. The molecule has 1 heteroatoms. The molecule has 114 valence electrons. The van der Waals surface area contributed by atoms with Crippen molar-refractivity contribution in [2.75, 3.05) is 4.90 Å². The predicted octanol–water partition coefficient (Wildman–Crippen LogP) is 5.17. The van der Waals surface area contributed by atoms with Crippen LogP contribution in [0.2, 0.25) is 0 Å². The van der Waals surface area contributed by atoms with Crippen LogP contribution in [0.3, 0.4) is 0 Å².